The molecule has 1 aromatic heterocycles. The maximum Gasteiger partial charge on any atom is 0.407 e. The predicted octanol–water partition coefficient (Wildman–Crippen LogP) is 2.21. The largest absolute Gasteiger partial charge is 0.465 e. The van der Waals surface area contributed by atoms with E-state index in [0.717, 1.165) is 12.8 Å². The van der Waals surface area contributed by atoms with Gasteiger partial charge in [0.1, 0.15) is 5.54 Å². The van der Waals surface area contributed by atoms with E-state index in [1.807, 2.05) is 0 Å². The molecule has 9 heteroatoms. The van der Waals surface area contributed by atoms with Crippen molar-refractivity contribution in [3.63, 3.8) is 0 Å². The van der Waals surface area contributed by atoms with Crippen molar-refractivity contribution < 1.29 is 19.1 Å². The van der Waals surface area contributed by atoms with Crippen molar-refractivity contribution in [3.05, 3.63) is 35.7 Å². The van der Waals surface area contributed by atoms with Crippen LogP contribution in [-0.2, 0) is 15.0 Å². The maximum atomic E-state index is 12.2. The summed E-state index contributed by atoms with van der Waals surface area (Å²) >= 11 is 0. The Balaban J connectivity index is 2.09. The number of alkyl carbamates (subject to hydrolysis) is 1. The zero-order valence-electron chi connectivity index (χ0n) is 15.6. The number of methoxy groups -OCH3 is 2. The lowest BCUT2D eigenvalue weighted by Gasteiger charge is -2.38. The molecule has 1 aliphatic carbocycles. The number of carbonyl (C=O) groups excluding carboxylic acids is 2. The standard InChI is InChI=1S/C18H23N5O4/c1-12-8-10-18(11-9-12,19-17(25)27-3)16-20-21-22-23(16)14-7-5-4-6-13(14)15(24)26-2/h4-7,12H,8-11H2,1-3H3,(H,19,25). The van der Waals surface area contributed by atoms with Gasteiger partial charge in [0, 0.05) is 0 Å². The zero-order chi connectivity index (χ0) is 19.4. The van der Waals surface area contributed by atoms with Crippen LogP contribution >= 0.6 is 0 Å². The highest BCUT2D eigenvalue weighted by Crippen LogP contribution is 2.39. The van der Waals surface area contributed by atoms with E-state index in [0.29, 0.717) is 35.8 Å². The minimum atomic E-state index is -0.771. The normalized spacial score (nSPS) is 22.1. The highest BCUT2D eigenvalue weighted by atomic mass is 16.5. The predicted molar refractivity (Wildman–Crippen MR) is 95.3 cm³/mol. The third-order valence-corrected chi connectivity index (χ3v) is 5.09. The van der Waals surface area contributed by atoms with E-state index in [-0.39, 0.29) is 0 Å². The third-order valence-electron chi connectivity index (χ3n) is 5.09. The van der Waals surface area contributed by atoms with Gasteiger partial charge in [-0.05, 0) is 54.2 Å². The first-order valence-corrected chi connectivity index (χ1v) is 8.83. The molecule has 1 heterocycles. The second-order valence-electron chi connectivity index (χ2n) is 6.80. The van der Waals surface area contributed by atoms with Crippen LogP contribution in [0.15, 0.2) is 24.3 Å². The number of esters is 1. The summed E-state index contributed by atoms with van der Waals surface area (Å²) in [7, 11) is 2.65. The Morgan fingerprint density at radius 1 is 1.19 bits per heavy atom. The number of amides is 1. The van der Waals surface area contributed by atoms with Gasteiger partial charge in [0.15, 0.2) is 5.82 Å². The van der Waals surface area contributed by atoms with Crippen LogP contribution in [0, 0.1) is 5.92 Å². The zero-order valence-corrected chi connectivity index (χ0v) is 15.6. The van der Waals surface area contributed by atoms with Gasteiger partial charge in [0.05, 0.1) is 25.5 Å². The summed E-state index contributed by atoms with van der Waals surface area (Å²) in [4.78, 5) is 24.2. The number of carbonyl (C=O) groups is 2. The van der Waals surface area contributed by atoms with Crippen LogP contribution in [0.3, 0.4) is 0 Å². The first kappa shape index (κ1) is 18.8. The Morgan fingerprint density at radius 2 is 1.89 bits per heavy atom. The third kappa shape index (κ3) is 3.62. The Kier molecular flexibility index (Phi) is 5.38. The molecule has 1 aliphatic rings. The van der Waals surface area contributed by atoms with E-state index in [2.05, 4.69) is 27.8 Å². The molecule has 0 saturated heterocycles. The number of hydrogen-bond donors (Lipinski definition) is 1. The highest BCUT2D eigenvalue weighted by molar-refractivity contribution is 5.93. The van der Waals surface area contributed by atoms with Gasteiger partial charge < -0.3 is 14.8 Å². The average molecular weight is 373 g/mol. The van der Waals surface area contributed by atoms with E-state index in [4.69, 9.17) is 9.47 Å². The van der Waals surface area contributed by atoms with E-state index >= 15 is 0 Å². The number of ether oxygens (including phenoxy) is 2. The number of benzene rings is 1. The monoisotopic (exact) mass is 373 g/mol. The number of hydrogen-bond acceptors (Lipinski definition) is 7. The van der Waals surface area contributed by atoms with Crippen molar-refractivity contribution in [2.45, 2.75) is 38.1 Å². The Bertz CT molecular complexity index is 827. The van der Waals surface area contributed by atoms with E-state index < -0.39 is 17.6 Å². The molecule has 1 N–H and O–H groups in total. The second-order valence-corrected chi connectivity index (χ2v) is 6.80. The van der Waals surface area contributed by atoms with Crippen LogP contribution in [0.4, 0.5) is 4.79 Å². The second kappa shape index (κ2) is 7.73. The van der Waals surface area contributed by atoms with Gasteiger partial charge in [0.2, 0.25) is 0 Å². The van der Waals surface area contributed by atoms with Crippen molar-refractivity contribution in [2.75, 3.05) is 14.2 Å². The molecule has 144 valence electrons. The molecule has 1 amide bonds. The van der Waals surface area contributed by atoms with E-state index in [1.54, 1.807) is 24.3 Å². The lowest BCUT2D eigenvalue weighted by Crippen LogP contribution is -2.49. The van der Waals surface area contributed by atoms with Crippen LogP contribution in [0.2, 0.25) is 0 Å². The fourth-order valence-corrected chi connectivity index (χ4v) is 3.49. The number of rotatable bonds is 4. The molecule has 0 aliphatic heterocycles. The number of nitrogens with zero attached hydrogens (tertiary/aromatic N) is 4. The van der Waals surface area contributed by atoms with Crippen LogP contribution in [0.5, 0.6) is 0 Å². The first-order chi connectivity index (χ1) is 13.0. The molecular weight excluding hydrogens is 350 g/mol. The van der Waals surface area contributed by atoms with E-state index in [9.17, 15) is 9.59 Å². The van der Waals surface area contributed by atoms with Crippen molar-refractivity contribution >= 4 is 12.1 Å². The van der Waals surface area contributed by atoms with Gasteiger partial charge in [-0.2, -0.15) is 4.68 Å². The summed E-state index contributed by atoms with van der Waals surface area (Å²) in [5.41, 5.74) is 0.0618. The number of nitrogens with one attached hydrogen (secondary N) is 1. The van der Waals surface area contributed by atoms with Gasteiger partial charge in [-0.25, -0.2) is 9.59 Å². The van der Waals surface area contributed by atoms with Crippen molar-refractivity contribution in [1.29, 1.82) is 0 Å². The molecule has 1 aromatic carbocycles. The molecule has 3 rings (SSSR count). The molecule has 0 radical (unpaired) electrons. The Morgan fingerprint density at radius 3 is 2.56 bits per heavy atom. The first-order valence-electron chi connectivity index (χ1n) is 8.83. The SMILES string of the molecule is COC(=O)NC1(c2nnnn2-c2ccccc2C(=O)OC)CCC(C)CC1. The van der Waals surface area contributed by atoms with Gasteiger partial charge in [-0.1, -0.05) is 19.1 Å². The Hall–Kier alpha value is -2.97. The van der Waals surface area contributed by atoms with Gasteiger partial charge in [-0.15, -0.1) is 5.10 Å². The minimum Gasteiger partial charge on any atom is -0.465 e. The van der Waals surface area contributed by atoms with Crippen LogP contribution in [-0.4, -0.2) is 46.5 Å². The van der Waals surface area contributed by atoms with Crippen molar-refractivity contribution in [1.82, 2.24) is 25.5 Å². The number of tetrazole rings is 1. The summed E-state index contributed by atoms with van der Waals surface area (Å²) in [6.07, 6.45) is 2.62. The molecule has 0 spiro atoms. The molecule has 1 saturated carbocycles. The molecule has 1 fully saturated rings. The molecule has 2 aromatic rings. The van der Waals surface area contributed by atoms with Crippen LogP contribution < -0.4 is 5.32 Å². The number of para-hydroxylation sites is 1. The van der Waals surface area contributed by atoms with Crippen LogP contribution in [0.25, 0.3) is 5.69 Å². The molecule has 0 bridgehead atoms. The lowest BCUT2D eigenvalue weighted by molar-refractivity contribution is 0.0600. The quantitative estimate of drug-likeness (QED) is 0.819. The lowest BCUT2D eigenvalue weighted by atomic mass is 9.76. The summed E-state index contributed by atoms with van der Waals surface area (Å²) in [5, 5.41) is 15.1. The number of aromatic nitrogens is 4. The fourth-order valence-electron chi connectivity index (χ4n) is 3.49. The average Bonchev–Trinajstić information content (AvgIpc) is 3.19. The van der Waals surface area contributed by atoms with Gasteiger partial charge in [-0.3, -0.25) is 0 Å². The highest BCUT2D eigenvalue weighted by Gasteiger charge is 2.42. The smallest absolute Gasteiger partial charge is 0.407 e. The molecule has 9 nitrogen and oxygen atoms in total. The summed E-state index contributed by atoms with van der Waals surface area (Å²) < 4.78 is 11.2. The summed E-state index contributed by atoms with van der Waals surface area (Å²) in [5.74, 6) is 0.528. The van der Waals surface area contributed by atoms with Crippen molar-refractivity contribution in [2.24, 2.45) is 5.92 Å². The van der Waals surface area contributed by atoms with Gasteiger partial charge >= 0.3 is 12.1 Å². The minimum absolute atomic E-state index is 0.339. The molecule has 27 heavy (non-hydrogen) atoms. The molecule has 0 atom stereocenters. The fraction of sp³-hybridized carbons (Fsp3) is 0.500. The van der Waals surface area contributed by atoms with Gasteiger partial charge in [0.25, 0.3) is 0 Å². The topological polar surface area (TPSA) is 108 Å². The van der Waals surface area contributed by atoms with Crippen molar-refractivity contribution in [3.8, 4) is 5.69 Å². The summed E-state index contributed by atoms with van der Waals surface area (Å²) in [6, 6.07) is 6.92. The Labute approximate surface area is 157 Å². The van der Waals surface area contributed by atoms with Crippen LogP contribution in [0.1, 0.15) is 48.8 Å². The molecule has 0 unspecified atom stereocenters. The maximum absolute atomic E-state index is 12.2. The molecular formula is C18H23N5O4. The van der Waals surface area contributed by atoms with E-state index in [1.165, 1.54) is 18.9 Å². The summed E-state index contributed by atoms with van der Waals surface area (Å²) in [6.45, 7) is 2.18.